The van der Waals surface area contributed by atoms with Gasteiger partial charge in [-0.2, -0.15) is 0 Å². The summed E-state index contributed by atoms with van der Waals surface area (Å²) in [6.07, 6.45) is 3.52. The fourth-order valence-corrected chi connectivity index (χ4v) is 4.62. The number of fused-ring (bicyclic) bond motifs is 1. The second-order valence-electron chi connectivity index (χ2n) is 7.73. The lowest BCUT2D eigenvalue weighted by molar-refractivity contribution is -0.119. The van der Waals surface area contributed by atoms with Crippen molar-refractivity contribution in [3.8, 4) is 11.5 Å². The Kier molecular flexibility index (Phi) is 6.22. The van der Waals surface area contributed by atoms with Crippen LogP contribution in [0, 0.1) is 0 Å². The molecule has 1 saturated heterocycles. The zero-order valence-corrected chi connectivity index (χ0v) is 18.4. The summed E-state index contributed by atoms with van der Waals surface area (Å²) in [5, 5.41) is 2.81. The number of hydrogen-bond acceptors (Lipinski definition) is 6. The van der Waals surface area contributed by atoms with Crippen molar-refractivity contribution in [2.75, 3.05) is 48.3 Å². The van der Waals surface area contributed by atoms with Crippen LogP contribution in [0.15, 0.2) is 42.5 Å². The third-order valence-electron chi connectivity index (χ3n) is 5.40. The molecule has 2 aromatic carbocycles. The first-order valence-electron chi connectivity index (χ1n) is 10.4. The first-order chi connectivity index (χ1) is 14.9. The van der Waals surface area contributed by atoms with Crippen LogP contribution in [0.25, 0.3) is 0 Å². The van der Waals surface area contributed by atoms with Crippen molar-refractivity contribution in [3.05, 3.63) is 48.0 Å². The Bertz CT molecular complexity index is 1030. The van der Waals surface area contributed by atoms with Gasteiger partial charge in [-0.05, 0) is 42.7 Å². The highest BCUT2D eigenvalue weighted by molar-refractivity contribution is 7.92. The van der Waals surface area contributed by atoms with Crippen molar-refractivity contribution in [1.82, 2.24) is 5.32 Å². The minimum Gasteiger partial charge on any atom is -0.486 e. The predicted molar refractivity (Wildman–Crippen MR) is 119 cm³/mol. The first kappa shape index (κ1) is 21.3. The molecule has 8 nitrogen and oxygen atoms in total. The normalized spacial score (nSPS) is 15.6. The molecule has 2 aliphatic rings. The molecule has 0 aromatic heterocycles. The zero-order chi connectivity index (χ0) is 21.8. The van der Waals surface area contributed by atoms with Gasteiger partial charge >= 0.3 is 0 Å². The van der Waals surface area contributed by atoms with Gasteiger partial charge in [0.1, 0.15) is 19.8 Å². The van der Waals surface area contributed by atoms with Crippen LogP contribution in [0.4, 0.5) is 11.4 Å². The number of carbonyl (C=O) groups is 1. The van der Waals surface area contributed by atoms with Crippen LogP contribution in [0.2, 0.25) is 0 Å². The maximum Gasteiger partial charge on any atom is 0.241 e. The van der Waals surface area contributed by atoms with Crippen LogP contribution in [0.5, 0.6) is 11.5 Å². The summed E-state index contributed by atoms with van der Waals surface area (Å²) in [6.45, 7) is 3.02. The number of amides is 1. The molecule has 0 aliphatic carbocycles. The van der Waals surface area contributed by atoms with Crippen LogP contribution in [0.3, 0.4) is 0 Å². The van der Waals surface area contributed by atoms with E-state index in [-0.39, 0.29) is 12.5 Å². The molecule has 2 heterocycles. The fraction of sp³-hybridized carbons (Fsp3) is 0.409. The molecule has 2 aliphatic heterocycles. The molecular formula is C22H27N3O5S. The summed E-state index contributed by atoms with van der Waals surface area (Å²) >= 11 is 0. The second-order valence-corrected chi connectivity index (χ2v) is 9.64. The van der Waals surface area contributed by atoms with Gasteiger partial charge in [0.25, 0.3) is 0 Å². The van der Waals surface area contributed by atoms with Crippen LogP contribution < -0.4 is 24.0 Å². The third kappa shape index (κ3) is 5.22. The molecule has 9 heteroatoms. The Morgan fingerprint density at radius 1 is 1.03 bits per heavy atom. The van der Waals surface area contributed by atoms with Crippen LogP contribution >= 0.6 is 0 Å². The third-order valence-corrected chi connectivity index (χ3v) is 6.54. The van der Waals surface area contributed by atoms with Gasteiger partial charge in [-0.1, -0.05) is 12.1 Å². The number of carbonyl (C=O) groups excluding carboxylic acids is 1. The summed E-state index contributed by atoms with van der Waals surface area (Å²) in [7, 11) is -3.67. The lowest BCUT2D eigenvalue weighted by atomic mass is 10.2. The number of rotatable bonds is 7. The maximum absolute atomic E-state index is 12.5. The second kappa shape index (κ2) is 9.05. The minimum atomic E-state index is -3.67. The minimum absolute atomic E-state index is 0.315. The summed E-state index contributed by atoms with van der Waals surface area (Å²) in [5.74, 6) is 0.644. The van der Waals surface area contributed by atoms with Gasteiger partial charge in [-0.15, -0.1) is 0 Å². The van der Waals surface area contributed by atoms with Crippen molar-refractivity contribution in [1.29, 1.82) is 0 Å². The van der Waals surface area contributed by atoms with Crippen LogP contribution in [-0.4, -0.2) is 53.4 Å². The summed E-state index contributed by atoms with van der Waals surface area (Å²) in [5.41, 5.74) is 2.51. The molecule has 1 amide bonds. The summed E-state index contributed by atoms with van der Waals surface area (Å²) < 4.78 is 36.8. The standard InChI is InChI=1S/C22H27N3O5S/c1-31(27,28)25(19-8-9-20-21(14-19)30-13-12-29-20)16-22(26)23-15-17-4-6-18(7-5-17)24-10-2-3-11-24/h4-9,14H,2-3,10-13,15-16H2,1H3,(H,23,26). The molecule has 0 unspecified atom stereocenters. The first-order valence-corrected chi connectivity index (χ1v) is 12.2. The summed E-state index contributed by atoms with van der Waals surface area (Å²) in [6, 6.07) is 12.9. The molecule has 0 atom stereocenters. The zero-order valence-electron chi connectivity index (χ0n) is 17.5. The van der Waals surface area contributed by atoms with Crippen molar-refractivity contribution < 1.29 is 22.7 Å². The van der Waals surface area contributed by atoms with Gasteiger partial charge < -0.3 is 19.7 Å². The SMILES string of the molecule is CS(=O)(=O)N(CC(=O)NCc1ccc(N2CCCC2)cc1)c1ccc2c(c1)OCCO2. The molecule has 166 valence electrons. The van der Waals surface area contributed by atoms with E-state index in [1.54, 1.807) is 18.2 Å². The number of ether oxygens (including phenoxy) is 2. The lowest BCUT2D eigenvalue weighted by Crippen LogP contribution is -2.40. The quantitative estimate of drug-likeness (QED) is 0.703. The maximum atomic E-state index is 12.5. The van der Waals surface area contributed by atoms with Gasteiger partial charge in [0.05, 0.1) is 11.9 Å². The number of nitrogens with one attached hydrogen (secondary N) is 1. The molecule has 4 rings (SSSR count). The van der Waals surface area contributed by atoms with Crippen molar-refractivity contribution >= 4 is 27.3 Å². The number of sulfonamides is 1. The van der Waals surface area contributed by atoms with E-state index in [0.29, 0.717) is 36.9 Å². The molecule has 1 fully saturated rings. The molecule has 0 radical (unpaired) electrons. The highest BCUT2D eigenvalue weighted by atomic mass is 32.2. The van der Waals surface area contributed by atoms with Crippen molar-refractivity contribution in [2.24, 2.45) is 0 Å². The van der Waals surface area contributed by atoms with Crippen LogP contribution in [0.1, 0.15) is 18.4 Å². The molecule has 0 spiro atoms. The summed E-state index contributed by atoms with van der Waals surface area (Å²) in [4.78, 5) is 14.9. The van der Waals surface area contributed by atoms with Gasteiger partial charge in [0.2, 0.25) is 15.9 Å². The Morgan fingerprint density at radius 2 is 1.71 bits per heavy atom. The molecule has 2 aromatic rings. The molecule has 0 saturated carbocycles. The van der Waals surface area contributed by atoms with E-state index >= 15 is 0 Å². The number of hydrogen-bond donors (Lipinski definition) is 1. The topological polar surface area (TPSA) is 88.2 Å². The Labute approximate surface area is 182 Å². The fourth-order valence-electron chi connectivity index (χ4n) is 3.77. The van der Waals surface area contributed by atoms with E-state index in [4.69, 9.17) is 9.47 Å². The van der Waals surface area contributed by atoms with E-state index in [0.717, 1.165) is 29.2 Å². The van der Waals surface area contributed by atoms with Crippen molar-refractivity contribution in [2.45, 2.75) is 19.4 Å². The van der Waals surface area contributed by atoms with E-state index in [1.165, 1.54) is 18.5 Å². The molecule has 0 bridgehead atoms. The van der Waals surface area contributed by atoms with Gasteiger partial charge in [-0.25, -0.2) is 8.42 Å². The smallest absolute Gasteiger partial charge is 0.241 e. The number of nitrogens with zero attached hydrogens (tertiary/aromatic N) is 2. The van der Waals surface area contributed by atoms with E-state index < -0.39 is 10.0 Å². The Morgan fingerprint density at radius 3 is 2.39 bits per heavy atom. The van der Waals surface area contributed by atoms with Crippen LogP contribution in [-0.2, 0) is 21.4 Å². The predicted octanol–water partition coefficient (Wildman–Crippen LogP) is 2.14. The molecule has 1 N–H and O–H groups in total. The number of benzene rings is 2. The molecular weight excluding hydrogens is 418 g/mol. The van der Waals surface area contributed by atoms with E-state index in [1.807, 2.05) is 12.1 Å². The van der Waals surface area contributed by atoms with E-state index in [2.05, 4.69) is 22.3 Å². The van der Waals surface area contributed by atoms with Crippen molar-refractivity contribution in [3.63, 3.8) is 0 Å². The average molecular weight is 446 g/mol. The van der Waals surface area contributed by atoms with Gasteiger partial charge in [-0.3, -0.25) is 9.10 Å². The van der Waals surface area contributed by atoms with Gasteiger partial charge in [0.15, 0.2) is 11.5 Å². The number of anilines is 2. The average Bonchev–Trinajstić information content (AvgIpc) is 3.30. The highest BCUT2D eigenvalue weighted by Crippen LogP contribution is 2.34. The van der Waals surface area contributed by atoms with Gasteiger partial charge in [0, 0.05) is 31.4 Å². The Balaban J connectivity index is 1.39. The Hall–Kier alpha value is -2.94. The largest absolute Gasteiger partial charge is 0.486 e. The monoisotopic (exact) mass is 445 g/mol. The molecule has 31 heavy (non-hydrogen) atoms. The van der Waals surface area contributed by atoms with E-state index in [9.17, 15) is 13.2 Å². The highest BCUT2D eigenvalue weighted by Gasteiger charge is 2.23. The lowest BCUT2D eigenvalue weighted by Gasteiger charge is -2.24.